The minimum absolute atomic E-state index is 0.0768. The van der Waals surface area contributed by atoms with Crippen LogP contribution in [0, 0.1) is 0 Å². The molecule has 0 radical (unpaired) electrons. The second kappa shape index (κ2) is 6.92. The molecule has 0 unspecified atom stereocenters. The fourth-order valence-electron chi connectivity index (χ4n) is 3.08. The van der Waals surface area contributed by atoms with Crippen molar-refractivity contribution in [3.63, 3.8) is 0 Å². The van der Waals surface area contributed by atoms with Crippen molar-refractivity contribution in [2.45, 2.75) is 23.9 Å². The molecular weight excluding hydrogens is 418 g/mol. The number of ether oxygens (including phenoxy) is 1. The predicted molar refractivity (Wildman–Crippen MR) is 103 cm³/mol. The lowest BCUT2D eigenvalue weighted by Crippen LogP contribution is -2.03. The van der Waals surface area contributed by atoms with E-state index in [1.165, 1.54) is 23.8 Å². The SMILES string of the molecule is COc1ccc2c(C3CC3)ccc(-n3c(Br)nnc3SCC(=O)O)c2c1. The van der Waals surface area contributed by atoms with Gasteiger partial charge >= 0.3 is 5.97 Å². The van der Waals surface area contributed by atoms with Crippen LogP contribution in [0.1, 0.15) is 24.3 Å². The van der Waals surface area contributed by atoms with Gasteiger partial charge in [-0.2, -0.15) is 0 Å². The van der Waals surface area contributed by atoms with Gasteiger partial charge in [-0.3, -0.25) is 9.36 Å². The molecule has 0 bridgehead atoms. The van der Waals surface area contributed by atoms with Crippen LogP contribution in [-0.2, 0) is 4.79 Å². The number of nitrogens with zero attached hydrogens (tertiary/aromatic N) is 3. The summed E-state index contributed by atoms with van der Waals surface area (Å²) < 4.78 is 7.79. The summed E-state index contributed by atoms with van der Waals surface area (Å²) in [5.74, 6) is 0.420. The molecule has 4 rings (SSSR count). The van der Waals surface area contributed by atoms with Gasteiger partial charge in [0.05, 0.1) is 18.6 Å². The van der Waals surface area contributed by atoms with Crippen molar-refractivity contribution < 1.29 is 14.6 Å². The molecule has 8 heteroatoms. The molecule has 0 aliphatic heterocycles. The number of carboxylic acid groups (broad SMARTS) is 1. The number of thioether (sulfide) groups is 1. The molecule has 6 nitrogen and oxygen atoms in total. The second-order valence-corrected chi connectivity index (χ2v) is 7.78. The zero-order chi connectivity index (χ0) is 18.3. The third-order valence-corrected chi connectivity index (χ3v) is 5.84. The molecule has 1 saturated carbocycles. The maximum absolute atomic E-state index is 10.9. The number of fused-ring (bicyclic) bond motifs is 1. The summed E-state index contributed by atoms with van der Waals surface area (Å²) in [5.41, 5.74) is 2.24. The van der Waals surface area contributed by atoms with E-state index < -0.39 is 5.97 Å². The monoisotopic (exact) mass is 433 g/mol. The van der Waals surface area contributed by atoms with Crippen molar-refractivity contribution >= 4 is 44.4 Å². The largest absolute Gasteiger partial charge is 0.497 e. The molecule has 1 heterocycles. The minimum Gasteiger partial charge on any atom is -0.497 e. The molecule has 1 aliphatic rings. The molecule has 26 heavy (non-hydrogen) atoms. The zero-order valence-corrected chi connectivity index (χ0v) is 16.4. The minimum atomic E-state index is -0.892. The quantitative estimate of drug-likeness (QED) is 0.585. The Labute approximate surface area is 162 Å². The van der Waals surface area contributed by atoms with Gasteiger partial charge in [-0.05, 0) is 63.8 Å². The van der Waals surface area contributed by atoms with Crippen LogP contribution in [-0.4, -0.2) is 38.7 Å². The van der Waals surface area contributed by atoms with E-state index in [0.717, 1.165) is 28.6 Å². The molecule has 0 saturated heterocycles. The van der Waals surface area contributed by atoms with E-state index in [0.29, 0.717) is 15.8 Å². The third-order valence-electron chi connectivity index (χ3n) is 4.41. The molecule has 2 aromatic carbocycles. The Balaban J connectivity index is 1.90. The van der Waals surface area contributed by atoms with Crippen molar-refractivity contribution in [1.29, 1.82) is 0 Å². The van der Waals surface area contributed by atoms with Gasteiger partial charge in [0.25, 0.3) is 0 Å². The lowest BCUT2D eigenvalue weighted by atomic mass is 9.99. The Morgan fingerprint density at radius 3 is 2.81 bits per heavy atom. The fraction of sp³-hybridized carbons (Fsp3) is 0.278. The highest BCUT2D eigenvalue weighted by Gasteiger charge is 2.26. The van der Waals surface area contributed by atoms with Gasteiger partial charge in [-0.25, -0.2) is 0 Å². The topological polar surface area (TPSA) is 77.2 Å². The Morgan fingerprint density at radius 1 is 1.31 bits per heavy atom. The summed E-state index contributed by atoms with van der Waals surface area (Å²) in [6.07, 6.45) is 2.44. The van der Waals surface area contributed by atoms with Gasteiger partial charge in [-0.15, -0.1) is 10.2 Å². The summed E-state index contributed by atoms with van der Waals surface area (Å²) in [6.45, 7) is 0. The number of carbonyl (C=O) groups is 1. The van der Waals surface area contributed by atoms with E-state index >= 15 is 0 Å². The van der Waals surface area contributed by atoms with E-state index in [1.807, 2.05) is 22.8 Å². The molecule has 0 spiro atoms. The lowest BCUT2D eigenvalue weighted by Gasteiger charge is -2.14. The van der Waals surface area contributed by atoms with Crippen LogP contribution >= 0.6 is 27.7 Å². The molecule has 1 fully saturated rings. The van der Waals surface area contributed by atoms with E-state index in [2.05, 4.69) is 38.3 Å². The molecule has 0 atom stereocenters. The predicted octanol–water partition coefficient (Wildman–Crippen LogP) is 4.25. The number of halogens is 1. The number of aliphatic carboxylic acids is 1. The Kier molecular flexibility index (Phi) is 4.62. The number of methoxy groups -OCH3 is 1. The number of carboxylic acids is 1. The maximum Gasteiger partial charge on any atom is 0.313 e. The number of hydrogen-bond donors (Lipinski definition) is 1. The smallest absolute Gasteiger partial charge is 0.313 e. The van der Waals surface area contributed by atoms with Crippen LogP contribution in [0.15, 0.2) is 40.2 Å². The average Bonchev–Trinajstić information content (AvgIpc) is 3.42. The summed E-state index contributed by atoms with van der Waals surface area (Å²) in [5, 5.41) is 19.9. The van der Waals surface area contributed by atoms with Gasteiger partial charge in [0.2, 0.25) is 4.73 Å². The van der Waals surface area contributed by atoms with Crippen molar-refractivity contribution in [2.24, 2.45) is 0 Å². The Bertz CT molecular complexity index is 1000. The first-order valence-corrected chi connectivity index (χ1v) is 9.93. The Morgan fingerprint density at radius 2 is 2.12 bits per heavy atom. The van der Waals surface area contributed by atoms with Crippen LogP contribution in [0.2, 0.25) is 0 Å². The van der Waals surface area contributed by atoms with Gasteiger partial charge in [0.15, 0.2) is 5.16 Å². The van der Waals surface area contributed by atoms with Crippen LogP contribution in [0.5, 0.6) is 5.75 Å². The van der Waals surface area contributed by atoms with Gasteiger partial charge in [-0.1, -0.05) is 23.9 Å². The van der Waals surface area contributed by atoms with E-state index in [-0.39, 0.29) is 5.75 Å². The molecule has 3 aromatic rings. The van der Waals surface area contributed by atoms with E-state index in [1.54, 1.807) is 7.11 Å². The molecular formula is C18H16BrN3O3S. The van der Waals surface area contributed by atoms with Gasteiger partial charge < -0.3 is 9.84 Å². The second-order valence-electron chi connectivity index (χ2n) is 6.13. The lowest BCUT2D eigenvalue weighted by molar-refractivity contribution is -0.133. The average molecular weight is 434 g/mol. The first-order chi connectivity index (χ1) is 12.6. The molecule has 1 aromatic heterocycles. The summed E-state index contributed by atoms with van der Waals surface area (Å²) in [6, 6.07) is 10.3. The molecule has 1 aliphatic carbocycles. The summed E-state index contributed by atoms with van der Waals surface area (Å²) in [4.78, 5) is 10.9. The zero-order valence-electron chi connectivity index (χ0n) is 14.0. The molecule has 134 valence electrons. The third kappa shape index (κ3) is 3.19. The first-order valence-electron chi connectivity index (χ1n) is 8.15. The van der Waals surface area contributed by atoms with E-state index in [9.17, 15) is 4.79 Å². The van der Waals surface area contributed by atoms with Crippen molar-refractivity contribution in [2.75, 3.05) is 12.9 Å². The highest BCUT2D eigenvalue weighted by Crippen LogP contribution is 2.45. The highest BCUT2D eigenvalue weighted by atomic mass is 79.9. The van der Waals surface area contributed by atoms with Crippen molar-refractivity contribution in [3.05, 3.63) is 40.6 Å². The number of hydrogen-bond acceptors (Lipinski definition) is 5. The first kappa shape index (κ1) is 17.4. The number of aromatic nitrogens is 3. The number of rotatable bonds is 6. The van der Waals surface area contributed by atoms with Gasteiger partial charge in [0.1, 0.15) is 5.75 Å². The van der Waals surface area contributed by atoms with E-state index in [4.69, 9.17) is 9.84 Å². The Hall–Kier alpha value is -2.06. The van der Waals surface area contributed by atoms with Crippen molar-refractivity contribution in [1.82, 2.24) is 14.8 Å². The maximum atomic E-state index is 10.9. The van der Waals surface area contributed by atoms with Gasteiger partial charge in [0, 0.05) is 5.39 Å². The van der Waals surface area contributed by atoms with Crippen molar-refractivity contribution in [3.8, 4) is 11.4 Å². The van der Waals surface area contributed by atoms with Crippen LogP contribution in [0.4, 0.5) is 0 Å². The standard InChI is InChI=1S/C18H16BrN3O3S/c1-25-11-4-5-13-12(10-2-3-10)6-7-15(14(13)8-11)22-17(19)20-21-18(22)26-9-16(23)24/h4-8,10H,2-3,9H2,1H3,(H,23,24). The van der Waals surface area contributed by atoms with Crippen LogP contribution in [0.3, 0.4) is 0 Å². The van der Waals surface area contributed by atoms with Crippen LogP contribution in [0.25, 0.3) is 16.5 Å². The summed E-state index contributed by atoms with van der Waals surface area (Å²) >= 11 is 4.58. The molecule has 1 N–H and O–H groups in total. The number of benzene rings is 2. The fourth-order valence-corrected chi connectivity index (χ4v) is 4.30. The normalized spacial score (nSPS) is 13.9. The van der Waals surface area contributed by atoms with Crippen LogP contribution < -0.4 is 4.74 Å². The highest BCUT2D eigenvalue weighted by molar-refractivity contribution is 9.10. The molecule has 0 amide bonds. The summed E-state index contributed by atoms with van der Waals surface area (Å²) in [7, 11) is 1.65.